The lowest BCUT2D eigenvalue weighted by Crippen LogP contribution is -2.70. The van der Waals surface area contributed by atoms with Crippen LogP contribution in [-0.2, 0) is 90.9 Å². The van der Waals surface area contributed by atoms with Gasteiger partial charge in [-0.05, 0) is 72.1 Å². The first kappa shape index (κ1) is 83.7. The minimum atomic E-state index is -1.94. The lowest BCUT2D eigenvalue weighted by molar-refractivity contribution is -0.333. The van der Waals surface area contributed by atoms with E-state index in [0.717, 1.165) is 20.8 Å². The van der Waals surface area contributed by atoms with Crippen molar-refractivity contribution in [3.8, 4) is 0 Å². The van der Waals surface area contributed by atoms with Gasteiger partial charge in [0.2, 0.25) is 82.7 Å². The van der Waals surface area contributed by atoms with E-state index in [4.69, 9.17) is 53.3 Å². The summed E-state index contributed by atoms with van der Waals surface area (Å²) >= 11 is 0. The summed E-state index contributed by atoms with van der Waals surface area (Å²) in [5, 5.41) is 86.1. The smallest absolute Gasteiger partial charge is 0.326 e. The van der Waals surface area contributed by atoms with Crippen molar-refractivity contribution < 1.29 is 122 Å². The Balaban J connectivity index is 2.19. The van der Waals surface area contributed by atoms with Crippen LogP contribution in [0.5, 0.6) is 0 Å². The molecule has 0 bridgehead atoms. The molecule has 0 spiro atoms. The topological polar surface area (TPSA) is 691 Å². The summed E-state index contributed by atoms with van der Waals surface area (Å²) in [6.07, 6.45) is -18.1. The van der Waals surface area contributed by atoms with Crippen LogP contribution in [0, 0.1) is 0 Å². The zero-order valence-electron chi connectivity index (χ0n) is 53.7. The molecule has 0 aliphatic carbocycles. The predicted octanol–water partition coefficient (Wildman–Crippen LogP) is -12.2. The predicted molar refractivity (Wildman–Crippen MR) is 325 cm³/mol. The van der Waals surface area contributed by atoms with Crippen LogP contribution in [0.3, 0.4) is 0 Å². The Kier molecular flexibility index (Phi) is 36.2. The van der Waals surface area contributed by atoms with Crippen LogP contribution in [0.1, 0.15) is 112 Å². The monoisotopic (exact) mass is 1380 g/mol. The molecule has 19 atom stereocenters. The summed E-state index contributed by atoms with van der Waals surface area (Å²) in [4.78, 5) is 189. The molecule has 2 aliphatic heterocycles. The zero-order valence-corrected chi connectivity index (χ0v) is 53.7. The van der Waals surface area contributed by atoms with Gasteiger partial charge in [0.05, 0.1) is 38.1 Å². The molecule has 0 aromatic rings. The zero-order chi connectivity index (χ0) is 72.8. The summed E-state index contributed by atoms with van der Waals surface area (Å²) in [6.45, 7) is 3.91. The number of unbranched alkanes of at least 4 members (excludes halogenated alkanes) is 2. The highest BCUT2D eigenvalue weighted by molar-refractivity contribution is 5.95. The maximum absolute atomic E-state index is 13.8. The number of primary amides is 4. The van der Waals surface area contributed by atoms with Crippen LogP contribution in [0.25, 0.3) is 0 Å². The van der Waals surface area contributed by atoms with Gasteiger partial charge in [0.15, 0.2) is 12.6 Å². The number of hydrogen-bond donors (Lipinski definition) is 22. The lowest BCUT2D eigenvalue weighted by atomic mass is 9.94. The Bertz CT molecular complexity index is 2720. The van der Waals surface area contributed by atoms with Gasteiger partial charge in [0.25, 0.3) is 0 Å². The molecule has 2 heterocycles. The molecule has 2 aliphatic rings. The second kappa shape index (κ2) is 41.5. The van der Waals surface area contributed by atoms with Crippen LogP contribution in [0.4, 0.5) is 0 Å². The van der Waals surface area contributed by atoms with Gasteiger partial charge >= 0.3 is 5.97 Å². The number of nitrogens with two attached hydrogens (primary N) is 6. The number of carbonyl (C=O) groups excluding carboxylic acids is 14. The fourth-order valence-corrected chi connectivity index (χ4v) is 9.53. The average Bonchev–Trinajstić information content (AvgIpc) is 0.777. The molecule has 14 amide bonds. The number of hydrogen-bond acceptors (Lipinski definition) is 26. The molecular weight excluding hydrogens is 1280 g/mol. The van der Waals surface area contributed by atoms with Gasteiger partial charge in [-0.25, -0.2) is 4.79 Å². The number of aliphatic hydroxyl groups is 5. The van der Waals surface area contributed by atoms with Gasteiger partial charge in [-0.2, -0.15) is 0 Å². The van der Waals surface area contributed by atoms with Crippen molar-refractivity contribution in [2.24, 2.45) is 34.4 Å². The molecule has 0 saturated carbocycles. The molecule has 41 heteroatoms. The van der Waals surface area contributed by atoms with Gasteiger partial charge < -0.3 is 137 Å². The highest BCUT2D eigenvalue weighted by Crippen LogP contribution is 2.31. The number of carboxylic acid groups (broad SMARTS) is 1. The van der Waals surface area contributed by atoms with Crippen LogP contribution >= 0.6 is 0 Å². The minimum Gasteiger partial charge on any atom is -0.480 e. The summed E-state index contributed by atoms with van der Waals surface area (Å²) in [5.74, 6) is -14.1. The molecule has 19 unspecified atom stereocenters. The number of amides is 14. The van der Waals surface area contributed by atoms with Crippen LogP contribution in [0.2, 0.25) is 0 Å². The molecule has 0 radical (unpaired) electrons. The Labute approximate surface area is 550 Å². The third kappa shape index (κ3) is 28.9. The Morgan fingerprint density at radius 1 is 0.490 bits per heavy atom. The van der Waals surface area contributed by atoms with Gasteiger partial charge in [-0.1, -0.05) is 0 Å². The third-order valence-electron chi connectivity index (χ3n) is 14.9. The van der Waals surface area contributed by atoms with E-state index in [-0.39, 0.29) is 58.0 Å². The molecule has 96 heavy (non-hydrogen) atoms. The van der Waals surface area contributed by atoms with E-state index in [9.17, 15) is 103 Å². The first-order valence-corrected chi connectivity index (χ1v) is 30.6. The van der Waals surface area contributed by atoms with Crippen LogP contribution in [0.15, 0.2) is 0 Å². The standard InChI is InChI=1S/C55H94N16O25/c1-22(56)49(86)69-28(46(59)83)12-15-36(77)68-31(53(90)91)11-7-9-17-63-38(79)19-32(48(61)85)71-52(89)30(10-6-8-16-62-37(78)18-27(57)45(58)82)67-35(76)14-13-29(47(60)84)70-50(87)23(2)64-51(88)24(3)93-44-40(66-26(5)75)54(92)94-34(21-73)43(44)96-55-39(65-25(4)74)42(81)41(80)33(20-72)95-55/h22-24,27-34,39-44,54-55,72-73,80-81,92H,6-21,56-57H2,1-5H3,(H2,58,82)(H2,59,83)(H2,60,84)(H2,61,85)(H,62,78)(H,63,79)(H,64,88)(H,65,74)(H,66,75)(H,67,76)(H,68,77)(H,69,86)(H,70,87)(H,71,89)(H,90,91). The molecular formula is C55H94N16O25. The molecule has 2 rings (SSSR count). The van der Waals surface area contributed by atoms with E-state index in [1.807, 2.05) is 0 Å². The number of rotatable bonds is 43. The van der Waals surface area contributed by atoms with Gasteiger partial charge in [0.1, 0.15) is 91.1 Å². The van der Waals surface area contributed by atoms with Crippen molar-refractivity contribution in [2.45, 2.75) is 227 Å². The van der Waals surface area contributed by atoms with Crippen molar-refractivity contribution in [3.05, 3.63) is 0 Å². The maximum atomic E-state index is 13.8. The molecule has 2 saturated heterocycles. The van der Waals surface area contributed by atoms with E-state index >= 15 is 0 Å². The minimum absolute atomic E-state index is 0.0197. The maximum Gasteiger partial charge on any atom is 0.326 e. The number of carboxylic acids is 1. The normalized spacial score (nSPS) is 23.5. The lowest BCUT2D eigenvalue weighted by Gasteiger charge is -2.48. The van der Waals surface area contributed by atoms with Gasteiger partial charge in [0, 0.05) is 39.8 Å². The third-order valence-corrected chi connectivity index (χ3v) is 14.9. The van der Waals surface area contributed by atoms with E-state index < -0.39 is 250 Å². The van der Waals surface area contributed by atoms with Crippen LogP contribution in [-0.4, -0.2) is 261 Å². The SMILES string of the molecule is CC(=O)NC1C(OC2C(CO)OC(O)C(NC(C)=O)C2OC(C)C(=O)NC(C)C(=O)NC(CCC(=O)NC(CCCCNC(=O)CC(N)C(N)=O)C(=O)NC(CC(=O)NCCCCC(NC(=O)CCC(NC(=O)C(C)N)C(N)=O)C(=O)O)C(N)=O)C(N)=O)OC(CO)C(O)C1O. The Morgan fingerprint density at radius 2 is 0.969 bits per heavy atom. The molecule has 2 fully saturated rings. The summed E-state index contributed by atoms with van der Waals surface area (Å²) in [7, 11) is 0. The number of carbonyl (C=O) groups is 15. The van der Waals surface area contributed by atoms with Crippen molar-refractivity contribution >= 4 is 88.7 Å². The fourth-order valence-electron chi connectivity index (χ4n) is 9.53. The number of aliphatic carboxylic acids is 1. The summed E-state index contributed by atoms with van der Waals surface area (Å²) in [5.41, 5.74) is 32.6. The molecule has 28 N–H and O–H groups in total. The number of aliphatic hydroxyl groups excluding tert-OH is 5. The number of ether oxygens (including phenoxy) is 4. The highest BCUT2D eigenvalue weighted by atomic mass is 16.7. The van der Waals surface area contributed by atoms with E-state index in [2.05, 4.69) is 53.2 Å². The largest absolute Gasteiger partial charge is 0.480 e. The Morgan fingerprint density at radius 3 is 1.45 bits per heavy atom. The van der Waals surface area contributed by atoms with Crippen molar-refractivity contribution in [2.75, 3.05) is 26.3 Å². The average molecular weight is 1380 g/mol. The van der Waals surface area contributed by atoms with Crippen molar-refractivity contribution in [1.82, 2.24) is 53.2 Å². The summed E-state index contributed by atoms with van der Waals surface area (Å²) < 4.78 is 23.3. The van der Waals surface area contributed by atoms with Crippen LogP contribution < -0.4 is 87.6 Å². The van der Waals surface area contributed by atoms with Gasteiger partial charge in [-0.3, -0.25) is 67.1 Å². The molecule has 544 valence electrons. The highest BCUT2D eigenvalue weighted by Gasteiger charge is 2.53. The quantitative estimate of drug-likeness (QED) is 0.0252. The second-order valence-electron chi connectivity index (χ2n) is 22.9. The van der Waals surface area contributed by atoms with E-state index in [1.54, 1.807) is 0 Å². The first-order chi connectivity index (χ1) is 44.9. The fraction of sp³-hybridized carbons (Fsp3) is 0.727. The Hall–Kier alpha value is -8.39. The van der Waals surface area contributed by atoms with Crippen molar-refractivity contribution in [3.63, 3.8) is 0 Å². The van der Waals surface area contributed by atoms with E-state index in [1.165, 1.54) is 13.8 Å². The molecule has 41 nitrogen and oxygen atoms in total. The second-order valence-corrected chi connectivity index (χ2v) is 22.9. The number of nitrogens with one attached hydrogen (secondary N) is 10. The first-order valence-electron chi connectivity index (χ1n) is 30.6. The molecule has 0 aromatic carbocycles. The molecule has 0 aromatic heterocycles. The van der Waals surface area contributed by atoms with Crippen molar-refractivity contribution in [1.29, 1.82) is 0 Å². The van der Waals surface area contributed by atoms with E-state index in [0.29, 0.717) is 0 Å². The summed E-state index contributed by atoms with van der Waals surface area (Å²) in [6, 6.07) is -14.4. The van der Waals surface area contributed by atoms with Gasteiger partial charge in [-0.15, -0.1) is 0 Å².